The van der Waals surface area contributed by atoms with Crippen molar-refractivity contribution < 1.29 is 29.4 Å². The average molecular weight is 639 g/mol. The number of hydrogen-bond donors (Lipinski definition) is 6. The second kappa shape index (κ2) is 20.9. The Bertz CT molecular complexity index is 1280. The molecule has 2 rings (SSSR count). The molecule has 10 heteroatoms. The van der Waals surface area contributed by atoms with Gasteiger partial charge in [-0.1, -0.05) is 84.8 Å². The zero-order valence-electron chi connectivity index (χ0n) is 28.0. The fourth-order valence-corrected chi connectivity index (χ4v) is 5.32. The quantitative estimate of drug-likeness (QED) is 0.0773. The van der Waals surface area contributed by atoms with Gasteiger partial charge in [0.1, 0.15) is 11.5 Å². The molecule has 46 heavy (non-hydrogen) atoms. The Balaban J connectivity index is 1.78. The van der Waals surface area contributed by atoms with Gasteiger partial charge in [0.05, 0.1) is 11.1 Å². The summed E-state index contributed by atoms with van der Waals surface area (Å²) in [6.45, 7) is 8.00. The van der Waals surface area contributed by atoms with E-state index >= 15 is 0 Å². The number of benzene rings is 2. The summed E-state index contributed by atoms with van der Waals surface area (Å²) in [5.74, 6) is -2.75. The molecular weight excluding hydrogens is 584 g/mol. The summed E-state index contributed by atoms with van der Waals surface area (Å²) < 4.78 is 0. The van der Waals surface area contributed by atoms with Crippen LogP contribution in [-0.2, 0) is 22.4 Å². The lowest BCUT2D eigenvalue weighted by Crippen LogP contribution is -2.44. The second-order valence-electron chi connectivity index (χ2n) is 12.2. The fraction of sp³-hybridized carbons (Fsp3) is 0.556. The highest BCUT2D eigenvalue weighted by Gasteiger charge is 2.21. The van der Waals surface area contributed by atoms with E-state index in [4.69, 9.17) is 0 Å². The Kier molecular flexibility index (Phi) is 17.3. The zero-order valence-corrected chi connectivity index (χ0v) is 28.0. The Morgan fingerprint density at radius 1 is 0.587 bits per heavy atom. The Labute approximate surface area is 274 Å². The van der Waals surface area contributed by atoms with Crippen LogP contribution in [-0.4, -0.2) is 33.8 Å². The molecule has 0 heterocycles. The summed E-state index contributed by atoms with van der Waals surface area (Å²) in [6, 6.07) is 9.93. The van der Waals surface area contributed by atoms with Crippen molar-refractivity contribution in [3.63, 3.8) is 0 Å². The van der Waals surface area contributed by atoms with Crippen molar-refractivity contribution in [2.75, 3.05) is 0 Å². The molecule has 0 bridgehead atoms. The van der Waals surface area contributed by atoms with Crippen LogP contribution in [0.3, 0.4) is 0 Å². The Hall–Kier alpha value is -4.08. The highest BCUT2D eigenvalue weighted by Crippen LogP contribution is 2.22. The van der Waals surface area contributed by atoms with Crippen molar-refractivity contribution in [2.45, 2.75) is 118 Å². The molecule has 0 saturated heterocycles. The number of rotatable bonds is 19. The van der Waals surface area contributed by atoms with Crippen LogP contribution >= 0.6 is 0 Å². The first-order chi connectivity index (χ1) is 22.1. The molecule has 0 spiro atoms. The smallest absolute Gasteiger partial charge is 0.273 e. The van der Waals surface area contributed by atoms with Crippen LogP contribution in [0.4, 0.5) is 0 Å². The van der Waals surface area contributed by atoms with Crippen molar-refractivity contribution in [1.29, 1.82) is 0 Å². The van der Waals surface area contributed by atoms with Gasteiger partial charge in [0.2, 0.25) is 11.8 Å². The Morgan fingerprint density at radius 2 is 1.07 bits per heavy atom. The van der Waals surface area contributed by atoms with Crippen LogP contribution in [0.2, 0.25) is 0 Å². The molecule has 4 amide bonds. The number of aryl methyl sites for hydroxylation is 2. The number of nitrogens with one attached hydrogen (secondary N) is 4. The third-order valence-corrected chi connectivity index (χ3v) is 8.24. The van der Waals surface area contributed by atoms with Crippen molar-refractivity contribution in [2.24, 2.45) is 11.8 Å². The monoisotopic (exact) mass is 638 g/mol. The lowest BCUT2D eigenvalue weighted by atomic mass is 9.94. The van der Waals surface area contributed by atoms with E-state index in [2.05, 4.69) is 35.6 Å². The summed E-state index contributed by atoms with van der Waals surface area (Å²) >= 11 is 0. The van der Waals surface area contributed by atoms with Gasteiger partial charge in [-0.15, -0.1) is 0 Å². The van der Waals surface area contributed by atoms with E-state index in [1.165, 1.54) is 12.1 Å². The molecule has 10 nitrogen and oxygen atoms in total. The number of phenolic OH excluding ortho intramolecular Hbond substituents is 2. The topological polar surface area (TPSA) is 157 Å². The minimum atomic E-state index is -0.578. The van der Waals surface area contributed by atoms with Gasteiger partial charge < -0.3 is 10.2 Å². The summed E-state index contributed by atoms with van der Waals surface area (Å²) in [4.78, 5) is 50.9. The molecule has 2 aromatic carbocycles. The van der Waals surface area contributed by atoms with Crippen molar-refractivity contribution >= 4 is 23.6 Å². The van der Waals surface area contributed by atoms with Crippen LogP contribution < -0.4 is 21.7 Å². The molecule has 0 saturated carbocycles. The molecule has 0 aliphatic rings. The predicted molar refractivity (Wildman–Crippen MR) is 180 cm³/mol. The minimum absolute atomic E-state index is 0.117. The van der Waals surface area contributed by atoms with E-state index in [0.29, 0.717) is 32.1 Å². The van der Waals surface area contributed by atoms with Crippen molar-refractivity contribution in [3.8, 4) is 11.5 Å². The third kappa shape index (κ3) is 13.1. The number of phenols is 2. The number of hydrogen-bond acceptors (Lipinski definition) is 6. The van der Waals surface area contributed by atoms with Crippen LogP contribution in [0.1, 0.15) is 137 Å². The average Bonchev–Trinajstić information content (AvgIpc) is 3.05. The standard InChI is InChI=1S/C36H54N4O6/c1-5-8-10-16-26-19-21-31(41)29(23-26)35(45)39-37-33(43)25(4)15-12-13-18-28(14-7-3)34(44)38-40-36(46)30-24-27(17-11-9-6-2)20-22-32(30)42/h19-25,28,41-42H,5-18H2,1-4H3,(H,37,43)(H,38,44)(H,39,45)(H,40,46). The van der Waals surface area contributed by atoms with Crippen LogP contribution in [0, 0.1) is 11.8 Å². The first kappa shape index (κ1) is 38.1. The predicted octanol–water partition coefficient (Wildman–Crippen LogP) is 6.40. The molecule has 0 radical (unpaired) electrons. The molecule has 0 aliphatic carbocycles. The summed E-state index contributed by atoms with van der Waals surface area (Å²) in [5, 5.41) is 20.3. The maximum atomic E-state index is 12.9. The van der Waals surface area contributed by atoms with E-state index in [0.717, 1.165) is 68.9 Å². The third-order valence-electron chi connectivity index (χ3n) is 8.24. The van der Waals surface area contributed by atoms with E-state index < -0.39 is 11.8 Å². The normalized spacial score (nSPS) is 12.2. The molecular formula is C36H54N4O6. The van der Waals surface area contributed by atoms with E-state index in [1.54, 1.807) is 31.2 Å². The molecule has 6 N–H and O–H groups in total. The van der Waals surface area contributed by atoms with Gasteiger partial charge in [-0.2, -0.15) is 0 Å². The van der Waals surface area contributed by atoms with Gasteiger partial charge in [-0.05, 0) is 80.3 Å². The molecule has 2 atom stereocenters. The minimum Gasteiger partial charge on any atom is -0.507 e. The Morgan fingerprint density at radius 3 is 1.54 bits per heavy atom. The molecule has 254 valence electrons. The number of carbonyl (C=O) groups is 4. The van der Waals surface area contributed by atoms with Crippen molar-refractivity contribution in [1.82, 2.24) is 21.7 Å². The van der Waals surface area contributed by atoms with Crippen LogP contribution in [0.15, 0.2) is 36.4 Å². The van der Waals surface area contributed by atoms with Crippen LogP contribution in [0.25, 0.3) is 0 Å². The summed E-state index contributed by atoms with van der Waals surface area (Å²) in [7, 11) is 0. The molecule has 2 aromatic rings. The number of amides is 4. The maximum Gasteiger partial charge on any atom is 0.273 e. The molecule has 0 aliphatic heterocycles. The number of carbonyl (C=O) groups excluding carboxylic acids is 4. The van der Waals surface area contributed by atoms with E-state index in [-0.39, 0.29) is 46.3 Å². The van der Waals surface area contributed by atoms with Gasteiger partial charge in [0.15, 0.2) is 0 Å². The second-order valence-corrected chi connectivity index (χ2v) is 12.2. The lowest BCUT2D eigenvalue weighted by Gasteiger charge is -2.18. The summed E-state index contributed by atoms with van der Waals surface area (Å²) in [6.07, 6.45) is 12.0. The highest BCUT2D eigenvalue weighted by atomic mass is 16.3. The van der Waals surface area contributed by atoms with Gasteiger partial charge in [-0.25, -0.2) is 0 Å². The number of unbranched alkanes of at least 4 members (excludes halogenated alkanes) is 5. The van der Waals surface area contributed by atoms with Crippen LogP contribution in [0.5, 0.6) is 11.5 Å². The first-order valence-corrected chi connectivity index (χ1v) is 16.9. The van der Waals surface area contributed by atoms with Gasteiger partial charge in [0.25, 0.3) is 11.8 Å². The molecule has 0 aromatic heterocycles. The SMILES string of the molecule is CCCCCc1ccc(O)c(C(=O)NNC(=O)C(C)CCCCC(CCC)C(=O)NNC(=O)c2cc(CCCCC)ccc2O)c1. The van der Waals surface area contributed by atoms with E-state index in [1.807, 2.05) is 6.92 Å². The largest absolute Gasteiger partial charge is 0.507 e. The lowest BCUT2D eigenvalue weighted by molar-refractivity contribution is -0.127. The first-order valence-electron chi connectivity index (χ1n) is 16.9. The van der Waals surface area contributed by atoms with Gasteiger partial charge in [-0.3, -0.25) is 40.9 Å². The van der Waals surface area contributed by atoms with Gasteiger partial charge in [0, 0.05) is 11.8 Å². The van der Waals surface area contributed by atoms with Crippen molar-refractivity contribution in [3.05, 3.63) is 58.7 Å². The molecule has 0 fully saturated rings. The maximum absolute atomic E-state index is 12.9. The fourth-order valence-electron chi connectivity index (χ4n) is 5.32. The number of hydrazine groups is 2. The zero-order chi connectivity index (χ0) is 33.9. The van der Waals surface area contributed by atoms with Gasteiger partial charge >= 0.3 is 0 Å². The highest BCUT2D eigenvalue weighted by molar-refractivity contribution is 5.98. The summed E-state index contributed by atoms with van der Waals surface area (Å²) in [5.41, 5.74) is 12.0. The van der Waals surface area contributed by atoms with E-state index in [9.17, 15) is 29.4 Å². The number of aromatic hydroxyl groups is 2. The molecule has 2 unspecified atom stereocenters.